The molecule has 0 aliphatic rings. The highest BCUT2D eigenvalue weighted by molar-refractivity contribution is 5.95. The second-order valence-corrected chi connectivity index (χ2v) is 3.71. The third kappa shape index (κ3) is 3.54. The number of hydrogen-bond acceptors (Lipinski definition) is 4. The van der Waals surface area contributed by atoms with Gasteiger partial charge in [-0.05, 0) is 24.1 Å². The zero-order valence-corrected chi connectivity index (χ0v) is 10.3. The molecular formula is C12H16N2O4. The normalized spacial score (nSPS) is 9.94. The molecule has 0 saturated heterocycles. The molecule has 0 aromatic heterocycles. The molecule has 3 N–H and O–H groups in total. The molecule has 98 valence electrons. The highest BCUT2D eigenvalue weighted by Crippen LogP contribution is 2.15. The van der Waals surface area contributed by atoms with Crippen molar-refractivity contribution < 1.29 is 19.6 Å². The first-order chi connectivity index (χ1) is 8.60. The number of amides is 2. The van der Waals surface area contributed by atoms with Crippen LogP contribution in [0.4, 0.5) is 0 Å². The second-order valence-electron chi connectivity index (χ2n) is 3.71. The molecule has 0 fully saturated rings. The third-order valence-corrected chi connectivity index (χ3v) is 2.48. The fraction of sp³-hybridized carbons (Fsp3) is 0.333. The Morgan fingerprint density at radius 1 is 1.39 bits per heavy atom. The second kappa shape index (κ2) is 6.73. The Balaban J connectivity index is 2.80. The van der Waals surface area contributed by atoms with Crippen LogP contribution >= 0.6 is 0 Å². The van der Waals surface area contributed by atoms with Crippen molar-refractivity contribution in [3.05, 3.63) is 34.9 Å². The van der Waals surface area contributed by atoms with Crippen LogP contribution in [-0.2, 0) is 16.2 Å². The number of carbonyl (C=O) groups is 2. The quantitative estimate of drug-likeness (QED) is 0.540. The average Bonchev–Trinajstić information content (AvgIpc) is 2.39. The predicted octanol–water partition coefficient (Wildman–Crippen LogP) is 1.07. The van der Waals surface area contributed by atoms with E-state index in [4.69, 9.17) is 10.0 Å². The Morgan fingerprint density at radius 2 is 2.11 bits per heavy atom. The molecule has 0 bridgehead atoms. The number of rotatable bonds is 5. The summed E-state index contributed by atoms with van der Waals surface area (Å²) in [4.78, 5) is 27.5. The fourth-order valence-corrected chi connectivity index (χ4v) is 1.43. The van der Waals surface area contributed by atoms with Gasteiger partial charge in [0.1, 0.15) is 6.61 Å². The minimum Gasteiger partial charge on any atom is -0.288 e. The number of hydroxylamine groups is 2. The average molecular weight is 252 g/mol. The smallest absolute Gasteiger partial charge is 0.275 e. The van der Waals surface area contributed by atoms with Gasteiger partial charge in [0.25, 0.3) is 5.91 Å². The Kier molecular flexibility index (Phi) is 5.29. The van der Waals surface area contributed by atoms with Gasteiger partial charge in [-0.1, -0.05) is 19.1 Å². The molecule has 0 spiro atoms. The highest BCUT2D eigenvalue weighted by atomic mass is 16.6. The number of carbonyl (C=O) groups excluding carboxylic acids is 2. The van der Waals surface area contributed by atoms with E-state index in [1.54, 1.807) is 24.5 Å². The molecule has 1 aromatic rings. The van der Waals surface area contributed by atoms with Gasteiger partial charge in [-0.3, -0.25) is 19.6 Å². The van der Waals surface area contributed by atoms with Crippen LogP contribution in [-0.4, -0.2) is 17.0 Å². The predicted molar refractivity (Wildman–Crippen MR) is 63.7 cm³/mol. The SMILES string of the molecule is CCC(=O)NOCc1c(C)cccc1C(=O)NO. The molecule has 1 rings (SSSR count). The largest absolute Gasteiger partial charge is 0.288 e. The highest BCUT2D eigenvalue weighted by Gasteiger charge is 2.13. The fourth-order valence-electron chi connectivity index (χ4n) is 1.43. The summed E-state index contributed by atoms with van der Waals surface area (Å²) in [6, 6.07) is 5.08. The molecule has 0 aliphatic carbocycles. The van der Waals surface area contributed by atoms with Crippen molar-refractivity contribution in [2.24, 2.45) is 0 Å². The Labute approximate surface area is 105 Å². The molecule has 1 aromatic carbocycles. The molecule has 0 aliphatic heterocycles. The van der Waals surface area contributed by atoms with Gasteiger partial charge < -0.3 is 0 Å². The number of benzene rings is 1. The van der Waals surface area contributed by atoms with E-state index in [9.17, 15) is 9.59 Å². The van der Waals surface area contributed by atoms with Crippen LogP contribution in [0.3, 0.4) is 0 Å². The van der Waals surface area contributed by atoms with E-state index in [1.165, 1.54) is 0 Å². The van der Waals surface area contributed by atoms with Crippen LogP contribution in [0.5, 0.6) is 0 Å². The topological polar surface area (TPSA) is 87.7 Å². The van der Waals surface area contributed by atoms with Gasteiger partial charge in [0.2, 0.25) is 5.91 Å². The summed E-state index contributed by atoms with van der Waals surface area (Å²) in [5.74, 6) is -0.851. The lowest BCUT2D eigenvalue weighted by molar-refractivity contribution is -0.134. The number of hydrogen-bond donors (Lipinski definition) is 3. The van der Waals surface area contributed by atoms with Crippen molar-refractivity contribution in [1.82, 2.24) is 11.0 Å². The third-order valence-electron chi connectivity index (χ3n) is 2.48. The minimum absolute atomic E-state index is 0.0567. The Hall–Kier alpha value is -1.92. The summed E-state index contributed by atoms with van der Waals surface area (Å²) in [6.07, 6.45) is 0.317. The molecule has 0 unspecified atom stereocenters. The van der Waals surface area contributed by atoms with E-state index in [-0.39, 0.29) is 12.5 Å². The maximum atomic E-state index is 11.4. The first-order valence-corrected chi connectivity index (χ1v) is 5.53. The van der Waals surface area contributed by atoms with Crippen LogP contribution in [0.15, 0.2) is 18.2 Å². The van der Waals surface area contributed by atoms with Crippen molar-refractivity contribution in [3.8, 4) is 0 Å². The van der Waals surface area contributed by atoms with Crippen LogP contribution in [0, 0.1) is 6.92 Å². The summed E-state index contributed by atoms with van der Waals surface area (Å²) in [5, 5.41) is 8.65. The van der Waals surface area contributed by atoms with Crippen molar-refractivity contribution in [3.63, 3.8) is 0 Å². The molecule has 18 heavy (non-hydrogen) atoms. The van der Waals surface area contributed by atoms with E-state index in [0.717, 1.165) is 5.56 Å². The molecule has 0 radical (unpaired) electrons. The van der Waals surface area contributed by atoms with Gasteiger partial charge in [0.15, 0.2) is 0 Å². The molecule has 0 saturated carbocycles. The maximum Gasteiger partial charge on any atom is 0.275 e. The van der Waals surface area contributed by atoms with Crippen molar-refractivity contribution in [2.45, 2.75) is 26.9 Å². The van der Waals surface area contributed by atoms with Gasteiger partial charge in [0.05, 0.1) is 0 Å². The van der Waals surface area contributed by atoms with E-state index in [1.807, 2.05) is 13.0 Å². The van der Waals surface area contributed by atoms with Gasteiger partial charge in [-0.15, -0.1) is 0 Å². The van der Waals surface area contributed by atoms with Crippen molar-refractivity contribution in [2.75, 3.05) is 0 Å². The van der Waals surface area contributed by atoms with Crippen LogP contribution in [0.1, 0.15) is 34.8 Å². The van der Waals surface area contributed by atoms with Crippen LogP contribution in [0.2, 0.25) is 0 Å². The lowest BCUT2D eigenvalue weighted by Gasteiger charge is -2.11. The Morgan fingerprint density at radius 3 is 2.72 bits per heavy atom. The summed E-state index contributed by atoms with van der Waals surface area (Å²) in [6.45, 7) is 3.58. The van der Waals surface area contributed by atoms with Crippen LogP contribution < -0.4 is 11.0 Å². The number of aryl methyl sites for hydroxylation is 1. The molecular weight excluding hydrogens is 236 g/mol. The number of nitrogens with one attached hydrogen (secondary N) is 2. The van der Waals surface area contributed by atoms with Crippen molar-refractivity contribution >= 4 is 11.8 Å². The monoisotopic (exact) mass is 252 g/mol. The van der Waals surface area contributed by atoms with E-state index >= 15 is 0 Å². The molecule has 2 amide bonds. The minimum atomic E-state index is -0.612. The van der Waals surface area contributed by atoms with Gasteiger partial charge in [-0.25, -0.2) is 11.0 Å². The standard InChI is InChI=1S/C12H16N2O4/c1-3-11(15)14-18-7-10-8(2)5-4-6-9(10)12(16)13-17/h4-6,17H,3,7H2,1-2H3,(H,13,16)(H,14,15). The van der Waals surface area contributed by atoms with E-state index in [0.29, 0.717) is 17.5 Å². The summed E-state index contributed by atoms with van der Waals surface area (Å²) in [5.41, 5.74) is 5.59. The van der Waals surface area contributed by atoms with Crippen LogP contribution in [0.25, 0.3) is 0 Å². The lowest BCUT2D eigenvalue weighted by Crippen LogP contribution is -2.25. The van der Waals surface area contributed by atoms with Crippen molar-refractivity contribution in [1.29, 1.82) is 0 Å². The zero-order valence-electron chi connectivity index (χ0n) is 10.3. The molecule has 0 heterocycles. The Bertz CT molecular complexity index is 446. The first-order valence-electron chi connectivity index (χ1n) is 5.53. The summed E-state index contributed by atoms with van der Waals surface area (Å²) in [7, 11) is 0. The van der Waals surface area contributed by atoms with Gasteiger partial charge in [0, 0.05) is 12.0 Å². The molecule has 6 heteroatoms. The molecule has 0 atom stereocenters. The lowest BCUT2D eigenvalue weighted by atomic mass is 10.0. The molecule has 6 nitrogen and oxygen atoms in total. The van der Waals surface area contributed by atoms with E-state index in [2.05, 4.69) is 5.48 Å². The van der Waals surface area contributed by atoms with Gasteiger partial charge in [-0.2, -0.15) is 0 Å². The zero-order chi connectivity index (χ0) is 13.5. The first kappa shape index (κ1) is 14.1. The van der Waals surface area contributed by atoms with E-state index < -0.39 is 5.91 Å². The van der Waals surface area contributed by atoms with Gasteiger partial charge >= 0.3 is 0 Å². The summed E-state index contributed by atoms with van der Waals surface area (Å²) < 4.78 is 0. The summed E-state index contributed by atoms with van der Waals surface area (Å²) >= 11 is 0. The maximum absolute atomic E-state index is 11.4.